The standard InChI is InChI=1S/C16H27N3O4S/c1-4-24(20,21)19-7-5-14(6-8-19)16-15(11-17-13(2)18-16)12-23-10-9-22-3/h11,14H,4-10,12H2,1-3H3. The first-order valence-corrected chi connectivity index (χ1v) is 9.95. The van der Waals surface area contributed by atoms with Gasteiger partial charge in [0.15, 0.2) is 0 Å². The first-order valence-electron chi connectivity index (χ1n) is 8.34. The number of piperidine rings is 1. The fourth-order valence-electron chi connectivity index (χ4n) is 2.89. The Morgan fingerprint density at radius 3 is 2.62 bits per heavy atom. The van der Waals surface area contributed by atoms with Gasteiger partial charge in [-0.05, 0) is 26.7 Å². The van der Waals surface area contributed by atoms with Crippen molar-refractivity contribution >= 4 is 10.0 Å². The normalized spacial score (nSPS) is 17.3. The summed E-state index contributed by atoms with van der Waals surface area (Å²) in [5.41, 5.74) is 1.97. The van der Waals surface area contributed by atoms with E-state index < -0.39 is 10.0 Å². The Labute approximate surface area is 144 Å². The smallest absolute Gasteiger partial charge is 0.213 e. The number of aromatic nitrogens is 2. The van der Waals surface area contributed by atoms with E-state index in [1.165, 1.54) is 0 Å². The number of sulfonamides is 1. The maximum absolute atomic E-state index is 12.0. The zero-order valence-corrected chi connectivity index (χ0v) is 15.5. The molecule has 0 bridgehead atoms. The van der Waals surface area contributed by atoms with Gasteiger partial charge in [-0.15, -0.1) is 0 Å². The van der Waals surface area contributed by atoms with Crippen molar-refractivity contribution in [3.8, 4) is 0 Å². The molecular weight excluding hydrogens is 330 g/mol. The van der Waals surface area contributed by atoms with Gasteiger partial charge in [0, 0.05) is 37.9 Å². The van der Waals surface area contributed by atoms with Crippen molar-refractivity contribution in [1.29, 1.82) is 0 Å². The van der Waals surface area contributed by atoms with Crippen LogP contribution in [0.25, 0.3) is 0 Å². The lowest BCUT2D eigenvalue weighted by Crippen LogP contribution is -2.39. The summed E-state index contributed by atoms with van der Waals surface area (Å²) in [6.45, 7) is 6.18. The first kappa shape index (κ1) is 19.2. The van der Waals surface area contributed by atoms with Crippen molar-refractivity contribution in [3.05, 3.63) is 23.3 Å². The molecule has 0 unspecified atom stereocenters. The molecule has 24 heavy (non-hydrogen) atoms. The first-order chi connectivity index (χ1) is 11.5. The summed E-state index contributed by atoms with van der Waals surface area (Å²) in [5, 5.41) is 0. The van der Waals surface area contributed by atoms with Crippen LogP contribution in [-0.4, -0.2) is 61.9 Å². The maximum atomic E-state index is 12.0. The highest BCUT2D eigenvalue weighted by Crippen LogP contribution is 2.30. The lowest BCUT2D eigenvalue weighted by Gasteiger charge is -2.31. The molecule has 0 spiro atoms. The van der Waals surface area contributed by atoms with Gasteiger partial charge < -0.3 is 9.47 Å². The summed E-state index contributed by atoms with van der Waals surface area (Å²) in [4.78, 5) is 8.89. The van der Waals surface area contributed by atoms with Crippen molar-refractivity contribution in [2.45, 2.75) is 39.2 Å². The molecule has 1 aromatic heterocycles. The van der Waals surface area contributed by atoms with Gasteiger partial charge in [-0.1, -0.05) is 0 Å². The van der Waals surface area contributed by atoms with Crippen molar-refractivity contribution < 1.29 is 17.9 Å². The van der Waals surface area contributed by atoms with Gasteiger partial charge in [0.05, 0.1) is 31.3 Å². The molecule has 1 fully saturated rings. The third kappa shape index (κ3) is 4.95. The molecule has 0 aliphatic carbocycles. The van der Waals surface area contributed by atoms with E-state index in [0.29, 0.717) is 32.9 Å². The molecule has 2 heterocycles. The Hall–Kier alpha value is -1.09. The summed E-state index contributed by atoms with van der Waals surface area (Å²) in [5.74, 6) is 1.13. The van der Waals surface area contributed by atoms with Crippen molar-refractivity contribution in [2.75, 3.05) is 39.2 Å². The van der Waals surface area contributed by atoms with E-state index in [4.69, 9.17) is 9.47 Å². The molecule has 0 saturated carbocycles. The molecule has 1 aliphatic rings. The molecule has 0 amide bonds. The van der Waals surface area contributed by atoms with E-state index in [-0.39, 0.29) is 11.7 Å². The largest absolute Gasteiger partial charge is 0.382 e. The van der Waals surface area contributed by atoms with Crippen LogP contribution in [0.5, 0.6) is 0 Å². The average molecular weight is 357 g/mol. The second kappa shape index (κ2) is 8.84. The van der Waals surface area contributed by atoms with Crippen molar-refractivity contribution in [2.24, 2.45) is 0 Å². The zero-order valence-electron chi connectivity index (χ0n) is 14.7. The summed E-state index contributed by atoms with van der Waals surface area (Å²) in [7, 11) is -1.46. The predicted molar refractivity (Wildman–Crippen MR) is 91.3 cm³/mol. The number of hydrogen-bond donors (Lipinski definition) is 0. The van der Waals surface area contributed by atoms with E-state index in [1.807, 2.05) is 13.1 Å². The molecule has 136 valence electrons. The average Bonchev–Trinajstić information content (AvgIpc) is 2.60. The molecule has 8 heteroatoms. The Morgan fingerprint density at radius 1 is 1.29 bits per heavy atom. The molecular formula is C16H27N3O4S. The SMILES string of the molecule is CCS(=O)(=O)N1CCC(c2nc(C)ncc2COCCOC)CC1. The third-order valence-corrected chi connectivity index (χ3v) is 6.19. The minimum Gasteiger partial charge on any atom is -0.382 e. The Balaban J connectivity index is 2.05. The van der Waals surface area contributed by atoms with Gasteiger partial charge in [0.2, 0.25) is 10.0 Å². The molecule has 0 aromatic carbocycles. The molecule has 0 radical (unpaired) electrons. The number of ether oxygens (including phenoxy) is 2. The summed E-state index contributed by atoms with van der Waals surface area (Å²) < 4.78 is 36.2. The van der Waals surface area contributed by atoms with Crippen LogP contribution in [0.1, 0.15) is 42.8 Å². The molecule has 2 rings (SSSR count). The van der Waals surface area contributed by atoms with E-state index in [1.54, 1.807) is 18.3 Å². The number of aryl methyl sites for hydroxylation is 1. The quantitative estimate of drug-likeness (QED) is 0.656. The van der Waals surface area contributed by atoms with Gasteiger partial charge in [-0.2, -0.15) is 0 Å². The van der Waals surface area contributed by atoms with E-state index in [0.717, 1.165) is 29.9 Å². The van der Waals surface area contributed by atoms with Crippen LogP contribution in [0.2, 0.25) is 0 Å². The summed E-state index contributed by atoms with van der Waals surface area (Å²) >= 11 is 0. The lowest BCUT2D eigenvalue weighted by molar-refractivity contribution is 0.0608. The number of nitrogens with zero attached hydrogens (tertiary/aromatic N) is 3. The predicted octanol–water partition coefficient (Wildman–Crippen LogP) is 1.48. The van der Waals surface area contributed by atoms with Gasteiger partial charge >= 0.3 is 0 Å². The Morgan fingerprint density at radius 2 is 2.00 bits per heavy atom. The fraction of sp³-hybridized carbons (Fsp3) is 0.750. The van der Waals surface area contributed by atoms with Crippen molar-refractivity contribution in [1.82, 2.24) is 14.3 Å². The van der Waals surface area contributed by atoms with Gasteiger partial charge in [-0.3, -0.25) is 0 Å². The Bertz CT molecular complexity index is 628. The second-order valence-corrected chi connectivity index (χ2v) is 8.20. The monoisotopic (exact) mass is 357 g/mol. The van der Waals surface area contributed by atoms with Crippen LogP contribution in [0.15, 0.2) is 6.20 Å². The minimum atomic E-state index is -3.10. The van der Waals surface area contributed by atoms with Crippen LogP contribution in [0, 0.1) is 6.92 Å². The maximum Gasteiger partial charge on any atom is 0.213 e. The Kier molecular flexibility index (Phi) is 7.09. The van der Waals surface area contributed by atoms with Crippen LogP contribution >= 0.6 is 0 Å². The van der Waals surface area contributed by atoms with Crippen LogP contribution < -0.4 is 0 Å². The van der Waals surface area contributed by atoms with Crippen molar-refractivity contribution in [3.63, 3.8) is 0 Å². The van der Waals surface area contributed by atoms with E-state index in [2.05, 4.69) is 9.97 Å². The fourth-order valence-corrected chi connectivity index (χ4v) is 4.02. The van der Waals surface area contributed by atoms with E-state index in [9.17, 15) is 8.42 Å². The molecule has 1 aromatic rings. The van der Waals surface area contributed by atoms with Crippen LogP contribution in [-0.2, 0) is 26.1 Å². The van der Waals surface area contributed by atoms with Gasteiger partial charge in [-0.25, -0.2) is 22.7 Å². The highest BCUT2D eigenvalue weighted by molar-refractivity contribution is 7.89. The van der Waals surface area contributed by atoms with E-state index >= 15 is 0 Å². The molecule has 7 nitrogen and oxygen atoms in total. The lowest BCUT2D eigenvalue weighted by atomic mass is 9.92. The van der Waals surface area contributed by atoms with Crippen LogP contribution in [0.4, 0.5) is 0 Å². The summed E-state index contributed by atoms with van der Waals surface area (Å²) in [6, 6.07) is 0. The molecule has 0 atom stereocenters. The second-order valence-electron chi connectivity index (χ2n) is 5.95. The minimum absolute atomic E-state index is 0.156. The van der Waals surface area contributed by atoms with Gasteiger partial charge in [0.1, 0.15) is 5.82 Å². The topological polar surface area (TPSA) is 81.6 Å². The molecule has 1 saturated heterocycles. The number of rotatable bonds is 8. The molecule has 0 N–H and O–H groups in total. The zero-order chi connectivity index (χ0) is 17.6. The van der Waals surface area contributed by atoms with Gasteiger partial charge in [0.25, 0.3) is 0 Å². The number of methoxy groups -OCH3 is 1. The number of hydrogen-bond acceptors (Lipinski definition) is 6. The summed E-state index contributed by atoms with van der Waals surface area (Å²) in [6.07, 6.45) is 3.38. The third-order valence-electron chi connectivity index (χ3n) is 4.31. The highest BCUT2D eigenvalue weighted by Gasteiger charge is 2.29. The molecule has 1 aliphatic heterocycles. The van der Waals surface area contributed by atoms with Crippen LogP contribution in [0.3, 0.4) is 0 Å². The highest BCUT2D eigenvalue weighted by atomic mass is 32.2.